The number of carbonyl (C=O) groups excluding carboxylic acids is 1. The molecule has 9 heteroatoms. The molecule has 0 aromatic rings. The van der Waals surface area contributed by atoms with Crippen LogP contribution >= 0.6 is 7.82 Å². The van der Waals surface area contributed by atoms with Crippen LogP contribution in [-0.2, 0) is 27.9 Å². The van der Waals surface area contributed by atoms with Crippen molar-refractivity contribution in [3.63, 3.8) is 0 Å². The fraction of sp³-hybridized carbons (Fsp3) is 0.791. The molecule has 0 aliphatic carbocycles. The number of rotatable bonds is 40. The minimum atomic E-state index is -4.27. The van der Waals surface area contributed by atoms with Crippen molar-refractivity contribution in [1.29, 1.82) is 0 Å². The highest BCUT2D eigenvalue weighted by Crippen LogP contribution is 2.43. The highest BCUT2D eigenvalue weighted by Gasteiger charge is 2.25. The number of esters is 1. The molecule has 2 atom stereocenters. The Kier molecular flexibility index (Phi) is 39.4. The van der Waals surface area contributed by atoms with Crippen molar-refractivity contribution in [1.82, 2.24) is 0 Å². The highest BCUT2D eigenvalue weighted by atomic mass is 31.2. The van der Waals surface area contributed by atoms with E-state index in [1.165, 1.54) is 103 Å². The second-order valence-electron chi connectivity index (χ2n) is 13.8. The van der Waals surface area contributed by atoms with Gasteiger partial charge in [-0.25, -0.2) is 4.57 Å². The van der Waals surface area contributed by atoms with Crippen LogP contribution in [0.2, 0.25) is 0 Å². The standard InChI is InChI=1S/C43H80NO7P/c1-3-5-7-9-11-13-15-16-17-18-19-20-21-22-23-24-25-26-27-28-30-32-34-36-43(45)51-42(41-50-52(46,47)49-39-37-44)40-48-38-35-33-31-29-14-12-10-8-6-4-2/h5,7,11,13,16-17,19-20,42H,3-4,6,8-10,12,14-15,18,21-41,44H2,1-2H3,(H,46,47)/b7-5-,13-11-,17-16-,20-19-. The van der Waals surface area contributed by atoms with E-state index in [9.17, 15) is 14.3 Å². The molecule has 0 amide bonds. The Hall–Kier alpha value is -1.54. The first-order valence-electron chi connectivity index (χ1n) is 21.1. The van der Waals surface area contributed by atoms with Crippen molar-refractivity contribution in [2.45, 2.75) is 187 Å². The molecule has 0 spiro atoms. The molecular weight excluding hydrogens is 673 g/mol. The second-order valence-corrected chi connectivity index (χ2v) is 15.3. The predicted molar refractivity (Wildman–Crippen MR) is 219 cm³/mol. The zero-order valence-corrected chi connectivity index (χ0v) is 34.4. The number of ether oxygens (including phenoxy) is 2. The molecule has 0 aliphatic heterocycles. The van der Waals surface area contributed by atoms with Crippen molar-refractivity contribution >= 4 is 13.8 Å². The summed E-state index contributed by atoms with van der Waals surface area (Å²) in [4.78, 5) is 22.4. The van der Waals surface area contributed by atoms with Crippen molar-refractivity contribution in [3.05, 3.63) is 48.6 Å². The number of phosphoric acid groups is 1. The van der Waals surface area contributed by atoms with E-state index in [-0.39, 0.29) is 32.3 Å². The van der Waals surface area contributed by atoms with E-state index in [4.69, 9.17) is 24.3 Å². The van der Waals surface area contributed by atoms with Crippen molar-refractivity contribution in [2.75, 3.05) is 33.0 Å². The van der Waals surface area contributed by atoms with Gasteiger partial charge in [0.2, 0.25) is 0 Å². The van der Waals surface area contributed by atoms with Gasteiger partial charge in [-0.2, -0.15) is 0 Å². The zero-order chi connectivity index (χ0) is 38.1. The smallest absolute Gasteiger partial charge is 0.457 e. The SMILES string of the molecule is CC/C=C\C/C=C\C/C=C\C/C=C\CCCCCCCCCCCCC(=O)OC(COCCCCCCCCCCCC)COP(=O)(O)OCCN. The largest absolute Gasteiger partial charge is 0.472 e. The second kappa shape index (κ2) is 40.6. The van der Waals surface area contributed by atoms with Crippen LogP contribution in [0.5, 0.6) is 0 Å². The molecule has 0 aliphatic rings. The molecule has 304 valence electrons. The lowest BCUT2D eigenvalue weighted by Crippen LogP contribution is -2.28. The first-order valence-corrected chi connectivity index (χ1v) is 22.6. The molecule has 0 heterocycles. The minimum Gasteiger partial charge on any atom is -0.457 e. The third-order valence-corrected chi connectivity index (χ3v) is 9.74. The maximum atomic E-state index is 12.6. The molecule has 0 saturated heterocycles. The topological polar surface area (TPSA) is 117 Å². The molecule has 2 unspecified atom stereocenters. The number of allylic oxidation sites excluding steroid dienone is 8. The molecule has 0 radical (unpaired) electrons. The van der Waals surface area contributed by atoms with Gasteiger partial charge in [0.15, 0.2) is 0 Å². The predicted octanol–water partition coefficient (Wildman–Crippen LogP) is 12.4. The molecule has 3 N–H and O–H groups in total. The van der Waals surface area contributed by atoms with Gasteiger partial charge in [-0.3, -0.25) is 13.8 Å². The summed E-state index contributed by atoms with van der Waals surface area (Å²) >= 11 is 0. The maximum Gasteiger partial charge on any atom is 0.472 e. The van der Waals surface area contributed by atoms with Crippen molar-refractivity contribution in [3.8, 4) is 0 Å². The number of unbranched alkanes of at least 4 members (excludes halogenated alkanes) is 19. The fourth-order valence-electron chi connectivity index (χ4n) is 5.69. The van der Waals surface area contributed by atoms with E-state index in [1.54, 1.807) is 0 Å². The fourth-order valence-corrected chi connectivity index (χ4v) is 6.46. The Morgan fingerprint density at radius 2 is 1.08 bits per heavy atom. The van der Waals surface area contributed by atoms with Gasteiger partial charge in [0.25, 0.3) is 0 Å². The van der Waals surface area contributed by atoms with E-state index in [0.717, 1.165) is 57.8 Å². The number of hydrogen-bond acceptors (Lipinski definition) is 7. The van der Waals surface area contributed by atoms with Gasteiger partial charge in [0.05, 0.1) is 19.8 Å². The van der Waals surface area contributed by atoms with Crippen LogP contribution in [0.15, 0.2) is 48.6 Å². The molecular formula is C43H80NO7P. The van der Waals surface area contributed by atoms with E-state index in [2.05, 4.69) is 62.5 Å². The summed E-state index contributed by atoms with van der Waals surface area (Å²) in [7, 11) is -4.27. The summed E-state index contributed by atoms with van der Waals surface area (Å²) in [6.07, 6.45) is 47.0. The summed E-state index contributed by atoms with van der Waals surface area (Å²) in [5.74, 6) is -0.336. The van der Waals surface area contributed by atoms with Crippen LogP contribution < -0.4 is 5.73 Å². The van der Waals surface area contributed by atoms with Gasteiger partial charge in [0.1, 0.15) is 6.10 Å². The molecule has 0 saturated carbocycles. The Bertz CT molecular complexity index is 936. The van der Waals surface area contributed by atoms with Gasteiger partial charge < -0.3 is 20.1 Å². The summed E-state index contributed by atoms with van der Waals surface area (Å²) in [5.41, 5.74) is 5.36. The Labute approximate surface area is 320 Å². The summed E-state index contributed by atoms with van der Waals surface area (Å²) in [5, 5.41) is 0. The summed E-state index contributed by atoms with van der Waals surface area (Å²) < 4.78 is 33.3. The van der Waals surface area contributed by atoms with Gasteiger partial charge in [-0.1, -0.05) is 172 Å². The molecule has 0 aromatic heterocycles. The molecule has 0 rings (SSSR count). The van der Waals surface area contributed by atoms with E-state index in [1.807, 2.05) is 0 Å². The van der Waals surface area contributed by atoms with E-state index >= 15 is 0 Å². The van der Waals surface area contributed by atoms with Gasteiger partial charge in [-0.15, -0.1) is 0 Å². The maximum absolute atomic E-state index is 12.6. The number of phosphoric ester groups is 1. The summed E-state index contributed by atoms with van der Waals surface area (Å²) in [6.45, 7) is 4.80. The van der Waals surface area contributed by atoms with Crippen LogP contribution in [0.25, 0.3) is 0 Å². The number of carbonyl (C=O) groups is 1. The van der Waals surface area contributed by atoms with E-state index in [0.29, 0.717) is 13.0 Å². The lowest BCUT2D eigenvalue weighted by atomic mass is 10.0. The average molecular weight is 754 g/mol. The van der Waals surface area contributed by atoms with Crippen LogP contribution in [-0.4, -0.2) is 49.9 Å². The van der Waals surface area contributed by atoms with E-state index < -0.39 is 13.9 Å². The lowest BCUT2D eigenvalue weighted by molar-refractivity contribution is -0.154. The van der Waals surface area contributed by atoms with Gasteiger partial charge >= 0.3 is 13.8 Å². The van der Waals surface area contributed by atoms with Crippen LogP contribution in [0.3, 0.4) is 0 Å². The first kappa shape index (κ1) is 50.5. The Morgan fingerprint density at radius 3 is 1.62 bits per heavy atom. The number of nitrogens with two attached hydrogens (primary N) is 1. The van der Waals surface area contributed by atoms with Crippen LogP contribution in [0.4, 0.5) is 0 Å². The Balaban J connectivity index is 3.96. The third kappa shape index (κ3) is 39.7. The minimum absolute atomic E-state index is 0.0965. The molecule has 8 nitrogen and oxygen atoms in total. The first-order chi connectivity index (χ1) is 25.4. The lowest BCUT2D eigenvalue weighted by Gasteiger charge is -2.20. The quantitative estimate of drug-likeness (QED) is 0.0275. The average Bonchev–Trinajstić information content (AvgIpc) is 3.13. The monoisotopic (exact) mass is 754 g/mol. The Morgan fingerprint density at radius 1 is 0.596 bits per heavy atom. The van der Waals surface area contributed by atoms with Gasteiger partial charge in [0, 0.05) is 19.6 Å². The zero-order valence-electron chi connectivity index (χ0n) is 33.5. The summed E-state index contributed by atoms with van der Waals surface area (Å²) in [6, 6.07) is 0. The molecule has 52 heavy (non-hydrogen) atoms. The van der Waals surface area contributed by atoms with Gasteiger partial charge in [-0.05, 0) is 51.4 Å². The molecule has 0 bridgehead atoms. The van der Waals surface area contributed by atoms with Crippen LogP contribution in [0.1, 0.15) is 181 Å². The van der Waals surface area contributed by atoms with Crippen molar-refractivity contribution in [2.24, 2.45) is 5.73 Å². The molecule has 0 fully saturated rings. The van der Waals surface area contributed by atoms with Crippen molar-refractivity contribution < 1.29 is 32.8 Å². The highest BCUT2D eigenvalue weighted by molar-refractivity contribution is 7.47. The third-order valence-electron chi connectivity index (χ3n) is 8.76. The number of hydrogen-bond donors (Lipinski definition) is 2. The van der Waals surface area contributed by atoms with Crippen LogP contribution in [0, 0.1) is 0 Å². The normalized spacial score (nSPS) is 14.0. The molecule has 0 aromatic carbocycles.